The number of nitrogens with two attached hydrogens (primary N) is 2. The second kappa shape index (κ2) is 2.87. The van der Waals surface area contributed by atoms with E-state index in [-0.39, 0.29) is 6.04 Å². The lowest BCUT2D eigenvalue weighted by Crippen LogP contribution is -2.58. The number of carbonyl (C=O) groups is 1. The van der Waals surface area contributed by atoms with Crippen molar-refractivity contribution in [1.82, 2.24) is 5.32 Å². The molecule has 0 saturated carbocycles. The molecule has 1 rings (SSSR count). The predicted octanol–water partition coefficient (Wildman–Crippen LogP) is -1.81. The molecule has 5 nitrogen and oxygen atoms in total. The van der Waals surface area contributed by atoms with Crippen LogP contribution < -0.4 is 16.8 Å². The molecule has 1 aliphatic heterocycles. The molecule has 1 aliphatic rings. The molecule has 0 bridgehead atoms. The first-order valence-electron chi connectivity index (χ1n) is 3.43. The number of amidine groups is 1. The molecule has 0 aromatic carbocycles. The van der Waals surface area contributed by atoms with Crippen LogP contribution in [0.5, 0.6) is 0 Å². The molecule has 2 atom stereocenters. The lowest BCUT2D eigenvalue weighted by atomic mass is 10.1. The molecule has 2 unspecified atom stereocenters. The highest BCUT2D eigenvalue weighted by molar-refractivity contribution is 5.89. The third kappa shape index (κ3) is 1.68. The Bertz CT molecular complexity index is 201. The van der Waals surface area contributed by atoms with Crippen LogP contribution in [0.3, 0.4) is 0 Å². The number of hydrogen-bond acceptors (Lipinski definition) is 4. The molecule has 5 N–H and O–H groups in total. The number of rotatable bonds is 1. The number of nitrogens with one attached hydrogen (secondary N) is 1. The van der Waals surface area contributed by atoms with Crippen LogP contribution >= 0.6 is 0 Å². The van der Waals surface area contributed by atoms with Crippen LogP contribution in [0.15, 0.2) is 4.99 Å². The zero-order chi connectivity index (χ0) is 8.43. The molecule has 0 radical (unpaired) electrons. The van der Waals surface area contributed by atoms with Gasteiger partial charge in [0, 0.05) is 0 Å². The smallest absolute Gasteiger partial charge is 0.241 e. The Morgan fingerprint density at radius 1 is 1.82 bits per heavy atom. The van der Waals surface area contributed by atoms with Gasteiger partial charge in [-0.1, -0.05) is 0 Å². The van der Waals surface area contributed by atoms with Gasteiger partial charge in [-0.3, -0.25) is 9.79 Å². The van der Waals surface area contributed by atoms with Crippen LogP contribution in [0.25, 0.3) is 0 Å². The highest BCUT2D eigenvalue weighted by Gasteiger charge is 2.25. The number of amides is 1. The summed E-state index contributed by atoms with van der Waals surface area (Å²) in [6.45, 7) is 2.24. The van der Waals surface area contributed by atoms with Crippen LogP contribution in [-0.4, -0.2) is 30.4 Å². The monoisotopic (exact) mass is 156 g/mol. The van der Waals surface area contributed by atoms with E-state index in [1.807, 2.05) is 0 Å². The maximum Gasteiger partial charge on any atom is 0.241 e. The third-order valence-corrected chi connectivity index (χ3v) is 1.64. The lowest BCUT2D eigenvalue weighted by molar-refractivity contribution is -0.120. The molecular weight excluding hydrogens is 144 g/mol. The minimum absolute atomic E-state index is 0.295. The van der Waals surface area contributed by atoms with Crippen LogP contribution in [0.4, 0.5) is 0 Å². The van der Waals surface area contributed by atoms with Crippen molar-refractivity contribution >= 4 is 11.7 Å². The summed E-state index contributed by atoms with van der Waals surface area (Å²) in [7, 11) is 0. The van der Waals surface area contributed by atoms with E-state index in [4.69, 9.17) is 11.5 Å². The first kappa shape index (κ1) is 8.00. The maximum absolute atomic E-state index is 10.7. The van der Waals surface area contributed by atoms with Gasteiger partial charge in [-0.2, -0.15) is 0 Å². The summed E-state index contributed by atoms with van der Waals surface area (Å²) in [5.41, 5.74) is 10.7. The van der Waals surface area contributed by atoms with Gasteiger partial charge in [0.1, 0.15) is 6.04 Å². The van der Waals surface area contributed by atoms with Gasteiger partial charge in [-0.25, -0.2) is 0 Å². The number of primary amides is 1. The van der Waals surface area contributed by atoms with Crippen molar-refractivity contribution in [3.05, 3.63) is 0 Å². The number of nitrogens with zero attached hydrogens (tertiary/aromatic N) is 1. The zero-order valence-electron chi connectivity index (χ0n) is 6.37. The SMILES string of the molecule is CC1=NCC(N)C(C(N)=O)N1. The molecule has 0 saturated heterocycles. The average Bonchev–Trinajstić information content (AvgIpc) is 1.94. The second-order valence-electron chi connectivity index (χ2n) is 2.61. The summed E-state index contributed by atoms with van der Waals surface area (Å²) in [5.74, 6) is 0.294. The molecule has 62 valence electrons. The van der Waals surface area contributed by atoms with E-state index < -0.39 is 11.9 Å². The Morgan fingerprint density at radius 2 is 2.45 bits per heavy atom. The zero-order valence-corrected chi connectivity index (χ0v) is 6.37. The fourth-order valence-corrected chi connectivity index (χ4v) is 1.01. The van der Waals surface area contributed by atoms with E-state index in [1.165, 1.54) is 0 Å². The largest absolute Gasteiger partial charge is 0.368 e. The van der Waals surface area contributed by atoms with Crippen molar-refractivity contribution in [2.24, 2.45) is 16.5 Å². The Hall–Kier alpha value is -1.10. The van der Waals surface area contributed by atoms with Gasteiger partial charge >= 0.3 is 0 Å². The molecule has 1 heterocycles. The van der Waals surface area contributed by atoms with E-state index in [0.29, 0.717) is 6.54 Å². The fourth-order valence-electron chi connectivity index (χ4n) is 1.01. The highest BCUT2D eigenvalue weighted by atomic mass is 16.1. The normalized spacial score (nSPS) is 30.5. The molecule has 0 aromatic rings. The van der Waals surface area contributed by atoms with Crippen molar-refractivity contribution in [2.45, 2.75) is 19.0 Å². The summed E-state index contributed by atoms with van der Waals surface area (Å²) in [5, 5.41) is 2.82. The molecule has 0 fully saturated rings. The van der Waals surface area contributed by atoms with E-state index in [0.717, 1.165) is 5.84 Å². The third-order valence-electron chi connectivity index (χ3n) is 1.64. The van der Waals surface area contributed by atoms with Crippen LogP contribution in [0.1, 0.15) is 6.92 Å². The Balaban J connectivity index is 2.67. The van der Waals surface area contributed by atoms with Gasteiger partial charge in [0.2, 0.25) is 5.91 Å². The van der Waals surface area contributed by atoms with Crippen molar-refractivity contribution in [2.75, 3.05) is 6.54 Å². The van der Waals surface area contributed by atoms with Crippen molar-refractivity contribution < 1.29 is 4.79 Å². The molecule has 0 aromatic heterocycles. The van der Waals surface area contributed by atoms with Crippen LogP contribution in [0.2, 0.25) is 0 Å². The Kier molecular flexibility index (Phi) is 2.09. The van der Waals surface area contributed by atoms with Gasteiger partial charge in [0.05, 0.1) is 18.4 Å². The first-order chi connectivity index (χ1) is 5.11. The van der Waals surface area contributed by atoms with Crippen LogP contribution in [-0.2, 0) is 4.79 Å². The summed E-state index contributed by atoms with van der Waals surface area (Å²) in [6.07, 6.45) is 0. The molecule has 11 heavy (non-hydrogen) atoms. The minimum atomic E-state index is -0.465. The van der Waals surface area contributed by atoms with Gasteiger partial charge in [0.25, 0.3) is 0 Å². The number of aliphatic imine (C=N–C) groups is 1. The summed E-state index contributed by atoms with van der Waals surface area (Å²) in [4.78, 5) is 14.8. The molecule has 5 heteroatoms. The molecule has 0 spiro atoms. The fraction of sp³-hybridized carbons (Fsp3) is 0.667. The minimum Gasteiger partial charge on any atom is -0.368 e. The van der Waals surface area contributed by atoms with Crippen molar-refractivity contribution in [3.8, 4) is 0 Å². The summed E-state index contributed by atoms with van der Waals surface area (Å²) >= 11 is 0. The number of carbonyl (C=O) groups excluding carboxylic acids is 1. The van der Waals surface area contributed by atoms with E-state index >= 15 is 0 Å². The van der Waals surface area contributed by atoms with E-state index in [2.05, 4.69) is 10.3 Å². The van der Waals surface area contributed by atoms with E-state index in [9.17, 15) is 4.79 Å². The maximum atomic E-state index is 10.7. The van der Waals surface area contributed by atoms with Gasteiger partial charge in [-0.15, -0.1) is 0 Å². The lowest BCUT2D eigenvalue weighted by Gasteiger charge is -2.25. The summed E-state index contributed by atoms with van der Waals surface area (Å²) in [6, 6.07) is -0.760. The van der Waals surface area contributed by atoms with Crippen molar-refractivity contribution in [3.63, 3.8) is 0 Å². The second-order valence-corrected chi connectivity index (χ2v) is 2.61. The standard InChI is InChI=1S/C6H12N4O/c1-3-9-2-4(7)5(10-3)6(8)11/h4-5H,2,7H2,1H3,(H2,8,11)(H,9,10). The Morgan fingerprint density at radius 3 is 2.91 bits per heavy atom. The predicted molar refractivity (Wildman–Crippen MR) is 42.1 cm³/mol. The average molecular weight is 156 g/mol. The van der Waals surface area contributed by atoms with Gasteiger partial charge in [0.15, 0.2) is 0 Å². The first-order valence-corrected chi connectivity index (χ1v) is 3.43. The summed E-state index contributed by atoms with van der Waals surface area (Å²) < 4.78 is 0. The van der Waals surface area contributed by atoms with Gasteiger partial charge in [-0.05, 0) is 6.92 Å². The highest BCUT2D eigenvalue weighted by Crippen LogP contribution is 1.97. The molecular formula is C6H12N4O. The van der Waals surface area contributed by atoms with E-state index in [1.54, 1.807) is 6.92 Å². The topological polar surface area (TPSA) is 93.5 Å². The quantitative estimate of drug-likeness (QED) is 0.417. The van der Waals surface area contributed by atoms with Gasteiger partial charge < -0.3 is 16.8 Å². The number of hydrogen-bond donors (Lipinski definition) is 3. The molecule has 1 amide bonds. The van der Waals surface area contributed by atoms with Crippen molar-refractivity contribution in [1.29, 1.82) is 0 Å². The van der Waals surface area contributed by atoms with Crippen LogP contribution in [0, 0.1) is 0 Å². The Labute approximate surface area is 64.8 Å². The molecule has 0 aliphatic carbocycles.